The van der Waals surface area contributed by atoms with Crippen molar-refractivity contribution in [3.05, 3.63) is 30.1 Å². The number of hydrogen-bond acceptors (Lipinski definition) is 5. The molecule has 0 aromatic carbocycles. The van der Waals surface area contributed by atoms with Crippen molar-refractivity contribution in [1.82, 2.24) is 20.5 Å². The van der Waals surface area contributed by atoms with Gasteiger partial charge in [-0.3, -0.25) is 9.88 Å². The van der Waals surface area contributed by atoms with Crippen LogP contribution in [0.25, 0.3) is 0 Å². The molecular formula is C18H28N4O3. The van der Waals surface area contributed by atoms with Gasteiger partial charge in [-0.1, -0.05) is 6.07 Å². The Morgan fingerprint density at radius 3 is 2.88 bits per heavy atom. The number of hydrogen-bond donors (Lipinski definition) is 2. The van der Waals surface area contributed by atoms with Crippen LogP contribution in [-0.4, -0.2) is 74.6 Å². The average molecular weight is 348 g/mol. The second kappa shape index (κ2) is 9.70. The Balaban J connectivity index is 1.42. The maximum Gasteiger partial charge on any atom is 0.314 e. The number of aromatic nitrogens is 1. The average Bonchev–Trinajstić information content (AvgIpc) is 3.18. The monoisotopic (exact) mass is 348 g/mol. The zero-order valence-corrected chi connectivity index (χ0v) is 14.7. The van der Waals surface area contributed by atoms with Crippen molar-refractivity contribution >= 4 is 6.03 Å². The highest BCUT2D eigenvalue weighted by atomic mass is 16.5. The first-order chi connectivity index (χ1) is 12.3. The van der Waals surface area contributed by atoms with Crippen molar-refractivity contribution in [2.24, 2.45) is 5.92 Å². The van der Waals surface area contributed by atoms with Gasteiger partial charge < -0.3 is 20.1 Å². The third-order valence-corrected chi connectivity index (χ3v) is 4.92. The van der Waals surface area contributed by atoms with E-state index in [-0.39, 0.29) is 6.03 Å². The molecule has 1 aromatic heterocycles. The van der Waals surface area contributed by atoms with Gasteiger partial charge in [0.1, 0.15) is 0 Å². The zero-order chi connectivity index (χ0) is 17.3. The minimum atomic E-state index is -0.110. The van der Waals surface area contributed by atoms with Crippen molar-refractivity contribution in [3.8, 4) is 0 Å². The van der Waals surface area contributed by atoms with E-state index in [1.807, 2.05) is 18.3 Å². The molecule has 2 amide bonds. The van der Waals surface area contributed by atoms with Gasteiger partial charge in [0.25, 0.3) is 0 Å². The standard InChI is InChI=1S/C18H28N4O3/c23-18(20-6-3-15-2-1-5-19-12-15)21-13-17(16-4-9-25-14-16)22-7-10-24-11-8-22/h1-2,5,12,16-17H,3-4,6-11,13-14H2,(H2,20,21,23). The van der Waals surface area contributed by atoms with E-state index in [1.165, 1.54) is 0 Å². The lowest BCUT2D eigenvalue weighted by atomic mass is 9.97. The summed E-state index contributed by atoms with van der Waals surface area (Å²) in [5, 5.41) is 5.97. The summed E-state index contributed by atoms with van der Waals surface area (Å²) in [5.41, 5.74) is 1.12. The van der Waals surface area contributed by atoms with Crippen molar-refractivity contribution in [1.29, 1.82) is 0 Å². The third-order valence-electron chi connectivity index (χ3n) is 4.92. The zero-order valence-electron chi connectivity index (χ0n) is 14.7. The van der Waals surface area contributed by atoms with Crippen LogP contribution in [0.1, 0.15) is 12.0 Å². The maximum absolute atomic E-state index is 12.1. The molecule has 0 aliphatic carbocycles. The van der Waals surface area contributed by atoms with Crippen LogP contribution >= 0.6 is 0 Å². The topological polar surface area (TPSA) is 75.7 Å². The molecule has 3 heterocycles. The Kier molecular flexibility index (Phi) is 7.02. The first-order valence-corrected chi connectivity index (χ1v) is 9.13. The number of ether oxygens (including phenoxy) is 2. The fraction of sp³-hybridized carbons (Fsp3) is 0.667. The number of nitrogens with one attached hydrogen (secondary N) is 2. The molecule has 7 heteroatoms. The summed E-state index contributed by atoms with van der Waals surface area (Å²) in [6, 6.07) is 4.13. The van der Waals surface area contributed by atoms with E-state index < -0.39 is 0 Å². The van der Waals surface area contributed by atoms with Crippen LogP contribution in [0.5, 0.6) is 0 Å². The summed E-state index contributed by atoms with van der Waals surface area (Å²) in [6.45, 7) is 6.23. The number of rotatable bonds is 7. The Bertz CT molecular complexity index is 516. The van der Waals surface area contributed by atoms with E-state index in [9.17, 15) is 4.79 Å². The number of carbonyl (C=O) groups is 1. The van der Waals surface area contributed by atoms with Crippen LogP contribution in [0.3, 0.4) is 0 Å². The molecule has 2 saturated heterocycles. The molecular weight excluding hydrogens is 320 g/mol. The van der Waals surface area contributed by atoms with Crippen LogP contribution < -0.4 is 10.6 Å². The molecule has 0 bridgehead atoms. The van der Waals surface area contributed by atoms with Gasteiger partial charge in [0, 0.05) is 57.1 Å². The van der Waals surface area contributed by atoms with Crippen LogP contribution in [0.2, 0.25) is 0 Å². The Morgan fingerprint density at radius 2 is 2.16 bits per heavy atom. The smallest absolute Gasteiger partial charge is 0.314 e. The fourth-order valence-electron chi connectivity index (χ4n) is 3.49. The molecule has 7 nitrogen and oxygen atoms in total. The highest BCUT2D eigenvalue weighted by molar-refractivity contribution is 5.73. The van der Waals surface area contributed by atoms with Crippen LogP contribution in [0.15, 0.2) is 24.5 Å². The number of carbonyl (C=O) groups excluding carboxylic acids is 1. The number of pyridine rings is 1. The molecule has 25 heavy (non-hydrogen) atoms. The summed E-state index contributed by atoms with van der Waals surface area (Å²) in [7, 11) is 0. The fourth-order valence-corrected chi connectivity index (χ4v) is 3.49. The van der Waals surface area contributed by atoms with Crippen LogP contribution in [-0.2, 0) is 15.9 Å². The number of morpholine rings is 1. The van der Waals surface area contributed by atoms with E-state index >= 15 is 0 Å². The van der Waals surface area contributed by atoms with E-state index in [1.54, 1.807) is 6.20 Å². The molecule has 0 saturated carbocycles. The maximum atomic E-state index is 12.1. The third kappa shape index (κ3) is 5.66. The predicted molar refractivity (Wildman–Crippen MR) is 94.4 cm³/mol. The quantitative estimate of drug-likeness (QED) is 0.757. The summed E-state index contributed by atoms with van der Waals surface area (Å²) in [4.78, 5) is 18.6. The first-order valence-electron chi connectivity index (χ1n) is 9.13. The van der Waals surface area contributed by atoms with E-state index in [2.05, 4.69) is 20.5 Å². The van der Waals surface area contributed by atoms with Gasteiger partial charge in [-0.05, 0) is 24.5 Å². The van der Waals surface area contributed by atoms with Gasteiger partial charge in [-0.2, -0.15) is 0 Å². The summed E-state index contributed by atoms with van der Waals surface area (Å²) >= 11 is 0. The van der Waals surface area contributed by atoms with Gasteiger partial charge in [0.2, 0.25) is 0 Å². The largest absolute Gasteiger partial charge is 0.381 e. The molecule has 3 rings (SSSR count). The molecule has 2 aliphatic heterocycles. The Morgan fingerprint density at radius 1 is 1.28 bits per heavy atom. The molecule has 2 atom stereocenters. The molecule has 138 valence electrons. The van der Waals surface area contributed by atoms with Crippen molar-refractivity contribution in [3.63, 3.8) is 0 Å². The minimum Gasteiger partial charge on any atom is -0.381 e. The molecule has 2 fully saturated rings. The highest BCUT2D eigenvalue weighted by Crippen LogP contribution is 2.21. The van der Waals surface area contributed by atoms with E-state index in [0.29, 0.717) is 25.0 Å². The van der Waals surface area contributed by atoms with E-state index in [0.717, 1.165) is 57.9 Å². The SMILES string of the molecule is O=C(NCCc1cccnc1)NCC(C1CCOC1)N1CCOCC1. The summed E-state index contributed by atoms with van der Waals surface area (Å²) < 4.78 is 11.0. The normalized spacial score (nSPS) is 22.5. The van der Waals surface area contributed by atoms with Gasteiger partial charge in [-0.25, -0.2) is 4.79 Å². The van der Waals surface area contributed by atoms with Gasteiger partial charge in [-0.15, -0.1) is 0 Å². The Labute approximate surface area is 149 Å². The summed E-state index contributed by atoms with van der Waals surface area (Å²) in [6.07, 6.45) is 5.42. The second-order valence-electron chi connectivity index (χ2n) is 6.59. The second-order valence-corrected chi connectivity index (χ2v) is 6.59. The molecule has 2 N–H and O–H groups in total. The van der Waals surface area contributed by atoms with Gasteiger partial charge in [0.15, 0.2) is 0 Å². The molecule has 0 radical (unpaired) electrons. The molecule has 2 unspecified atom stereocenters. The lowest BCUT2D eigenvalue weighted by Gasteiger charge is -2.37. The number of nitrogens with zero attached hydrogens (tertiary/aromatic N) is 2. The van der Waals surface area contributed by atoms with Crippen LogP contribution in [0.4, 0.5) is 4.79 Å². The lowest BCUT2D eigenvalue weighted by Crippen LogP contribution is -2.53. The Hall–Kier alpha value is -1.70. The molecule has 0 spiro atoms. The highest BCUT2D eigenvalue weighted by Gasteiger charge is 2.31. The van der Waals surface area contributed by atoms with Crippen LogP contribution in [0, 0.1) is 5.92 Å². The van der Waals surface area contributed by atoms with Gasteiger partial charge >= 0.3 is 6.03 Å². The van der Waals surface area contributed by atoms with Gasteiger partial charge in [0.05, 0.1) is 19.8 Å². The minimum absolute atomic E-state index is 0.110. The van der Waals surface area contributed by atoms with E-state index in [4.69, 9.17) is 9.47 Å². The van der Waals surface area contributed by atoms with Crippen molar-refractivity contribution < 1.29 is 14.3 Å². The molecule has 1 aromatic rings. The summed E-state index contributed by atoms with van der Waals surface area (Å²) in [5.74, 6) is 0.480. The van der Waals surface area contributed by atoms with Crippen molar-refractivity contribution in [2.45, 2.75) is 18.9 Å². The molecule has 2 aliphatic rings. The lowest BCUT2D eigenvalue weighted by molar-refractivity contribution is 0.00213. The number of urea groups is 1. The predicted octanol–water partition coefficient (Wildman–Crippen LogP) is 0.661. The number of amides is 2. The van der Waals surface area contributed by atoms with Crippen molar-refractivity contribution in [2.75, 3.05) is 52.6 Å². The first kappa shape index (κ1) is 18.1.